The summed E-state index contributed by atoms with van der Waals surface area (Å²) in [5.74, 6) is -4.27. The zero-order valence-corrected chi connectivity index (χ0v) is 19.9. The Bertz CT molecular complexity index is 1230. The first kappa shape index (κ1) is 24.6. The smallest absolute Gasteiger partial charge is 0.352 e. The SMILES string of the molecule is CO[C@]1(NC(=O)Cc2cccs2)C(=O)N2C(C(=O)O)=C(COC(=O)c3ccc(O)c(O)c3)CS[C@@H]21. The van der Waals surface area contributed by atoms with Crippen molar-refractivity contribution in [2.45, 2.75) is 17.5 Å². The minimum absolute atomic E-state index is 0.0447. The van der Waals surface area contributed by atoms with E-state index in [2.05, 4.69) is 5.32 Å². The number of amides is 2. The van der Waals surface area contributed by atoms with Crippen LogP contribution in [0.3, 0.4) is 0 Å². The van der Waals surface area contributed by atoms with Gasteiger partial charge in [-0.15, -0.1) is 23.1 Å². The molecule has 1 aromatic carbocycles. The molecule has 11 nitrogen and oxygen atoms in total. The number of ether oxygens (including phenoxy) is 2. The lowest BCUT2D eigenvalue weighted by Gasteiger charge is -2.55. The van der Waals surface area contributed by atoms with Crippen LogP contribution in [0.5, 0.6) is 11.5 Å². The summed E-state index contributed by atoms with van der Waals surface area (Å²) >= 11 is 2.55. The molecule has 4 N–H and O–H groups in total. The van der Waals surface area contributed by atoms with Crippen molar-refractivity contribution in [1.82, 2.24) is 10.2 Å². The van der Waals surface area contributed by atoms with Gasteiger partial charge < -0.3 is 30.1 Å². The van der Waals surface area contributed by atoms with Crippen molar-refractivity contribution in [2.24, 2.45) is 0 Å². The van der Waals surface area contributed by atoms with E-state index in [9.17, 15) is 34.5 Å². The van der Waals surface area contributed by atoms with Crippen LogP contribution in [0.15, 0.2) is 47.0 Å². The second-order valence-corrected chi connectivity index (χ2v) is 9.72. The number of phenols is 2. The minimum atomic E-state index is -1.72. The first-order valence-electron chi connectivity index (χ1n) is 10.2. The zero-order valence-electron chi connectivity index (χ0n) is 18.2. The highest BCUT2D eigenvalue weighted by atomic mass is 32.2. The number of nitrogens with zero attached hydrogens (tertiary/aromatic N) is 1. The number of aliphatic carboxylic acids is 1. The Kier molecular flexibility index (Phi) is 6.74. The van der Waals surface area contributed by atoms with E-state index in [0.29, 0.717) is 0 Å². The third-order valence-electron chi connectivity index (χ3n) is 5.46. The molecular weight excluding hydrogens is 500 g/mol. The maximum absolute atomic E-state index is 13.1. The van der Waals surface area contributed by atoms with E-state index < -0.39 is 53.0 Å². The molecule has 1 fully saturated rings. The summed E-state index contributed by atoms with van der Waals surface area (Å²) in [4.78, 5) is 51.8. The lowest BCUT2D eigenvalue weighted by atomic mass is 9.98. The molecule has 0 aliphatic carbocycles. The number of carboxylic acids is 1. The Hall–Kier alpha value is -3.55. The minimum Gasteiger partial charge on any atom is -0.504 e. The van der Waals surface area contributed by atoms with Gasteiger partial charge in [0, 0.05) is 23.3 Å². The highest BCUT2D eigenvalue weighted by Crippen LogP contribution is 2.46. The molecule has 184 valence electrons. The molecule has 2 atom stereocenters. The van der Waals surface area contributed by atoms with Crippen molar-refractivity contribution in [2.75, 3.05) is 19.5 Å². The highest BCUT2D eigenvalue weighted by Gasteiger charge is 2.66. The Morgan fingerprint density at radius 3 is 2.63 bits per heavy atom. The van der Waals surface area contributed by atoms with Gasteiger partial charge in [0.25, 0.3) is 11.6 Å². The van der Waals surface area contributed by atoms with Crippen LogP contribution in [0, 0.1) is 0 Å². The molecule has 0 saturated carbocycles. The number of phenolic OH excluding ortho intramolecular Hbond substituents is 2. The second-order valence-electron chi connectivity index (χ2n) is 7.62. The summed E-state index contributed by atoms with van der Waals surface area (Å²) in [5, 5.41) is 32.3. The van der Waals surface area contributed by atoms with Gasteiger partial charge in [-0.05, 0) is 29.6 Å². The Morgan fingerprint density at radius 2 is 2.00 bits per heavy atom. The van der Waals surface area contributed by atoms with Gasteiger partial charge in [0.15, 0.2) is 11.5 Å². The summed E-state index contributed by atoms with van der Waals surface area (Å²) in [7, 11) is 1.26. The van der Waals surface area contributed by atoms with Gasteiger partial charge in [0.05, 0.1) is 12.0 Å². The maximum Gasteiger partial charge on any atom is 0.352 e. The number of thiophene rings is 1. The van der Waals surface area contributed by atoms with Gasteiger partial charge in [-0.3, -0.25) is 14.5 Å². The van der Waals surface area contributed by atoms with Gasteiger partial charge in [0.2, 0.25) is 5.91 Å². The molecular formula is C22H20N2O9S2. The van der Waals surface area contributed by atoms with E-state index in [1.807, 2.05) is 5.38 Å². The largest absolute Gasteiger partial charge is 0.504 e. The molecule has 1 saturated heterocycles. The number of rotatable bonds is 8. The van der Waals surface area contributed by atoms with E-state index in [0.717, 1.165) is 33.7 Å². The van der Waals surface area contributed by atoms with Crippen LogP contribution in [0.25, 0.3) is 0 Å². The van der Waals surface area contributed by atoms with E-state index >= 15 is 0 Å². The van der Waals surface area contributed by atoms with Gasteiger partial charge in [-0.25, -0.2) is 9.59 Å². The Labute approximate surface area is 206 Å². The number of carbonyl (C=O) groups excluding carboxylic acids is 3. The zero-order chi connectivity index (χ0) is 25.3. The number of methoxy groups -OCH3 is 1. The number of carboxylic acid groups (broad SMARTS) is 1. The number of carbonyl (C=O) groups is 4. The molecule has 1 aromatic heterocycles. The van der Waals surface area contributed by atoms with E-state index in [4.69, 9.17) is 9.47 Å². The van der Waals surface area contributed by atoms with Crippen molar-refractivity contribution in [3.8, 4) is 11.5 Å². The summed E-state index contributed by atoms with van der Waals surface area (Å²) in [5.41, 5.74) is -1.93. The molecule has 2 aliphatic heterocycles. The van der Waals surface area contributed by atoms with Crippen molar-refractivity contribution in [1.29, 1.82) is 0 Å². The van der Waals surface area contributed by atoms with Crippen LogP contribution in [0.1, 0.15) is 15.2 Å². The maximum atomic E-state index is 13.1. The van der Waals surface area contributed by atoms with E-state index in [1.165, 1.54) is 24.5 Å². The third kappa shape index (κ3) is 4.45. The lowest BCUT2D eigenvalue weighted by molar-refractivity contribution is -0.192. The molecule has 4 rings (SSSR count). The van der Waals surface area contributed by atoms with Gasteiger partial charge in [-0.2, -0.15) is 0 Å². The van der Waals surface area contributed by atoms with Crippen molar-refractivity contribution in [3.05, 3.63) is 57.4 Å². The highest BCUT2D eigenvalue weighted by molar-refractivity contribution is 8.00. The first-order valence-corrected chi connectivity index (χ1v) is 12.1. The predicted molar refractivity (Wildman–Crippen MR) is 124 cm³/mol. The normalized spacial score (nSPS) is 21.2. The van der Waals surface area contributed by atoms with Crippen molar-refractivity contribution in [3.63, 3.8) is 0 Å². The molecule has 35 heavy (non-hydrogen) atoms. The summed E-state index contributed by atoms with van der Waals surface area (Å²) in [6.45, 7) is -0.420. The molecule has 13 heteroatoms. The summed E-state index contributed by atoms with van der Waals surface area (Å²) in [6, 6.07) is 6.95. The number of esters is 1. The average Bonchev–Trinajstić information content (AvgIpc) is 3.34. The van der Waals surface area contributed by atoms with Gasteiger partial charge in [0.1, 0.15) is 17.7 Å². The first-order chi connectivity index (χ1) is 16.7. The summed E-state index contributed by atoms with van der Waals surface area (Å²) in [6.07, 6.45) is 0.0447. The van der Waals surface area contributed by atoms with Gasteiger partial charge in [-0.1, -0.05) is 6.07 Å². The number of benzene rings is 1. The molecule has 0 spiro atoms. The van der Waals surface area contributed by atoms with E-state index in [1.54, 1.807) is 12.1 Å². The lowest BCUT2D eigenvalue weighted by Crippen LogP contribution is -2.80. The number of aromatic hydroxyl groups is 2. The molecule has 0 radical (unpaired) electrons. The number of thioether (sulfide) groups is 1. The predicted octanol–water partition coefficient (Wildman–Crippen LogP) is 1.27. The van der Waals surface area contributed by atoms with Crippen LogP contribution in [-0.4, -0.2) is 74.5 Å². The second kappa shape index (κ2) is 9.60. The monoisotopic (exact) mass is 520 g/mol. The standard InChI is InChI=1S/C22H20N2O9S2/c1-32-22(23-16(27)8-13-3-2-6-34-13)20(31)24-17(18(28)29)12(10-35-21(22)24)9-33-19(30)11-4-5-14(25)15(26)7-11/h2-7,21,25-26H,8-10H2,1H3,(H,23,27)(H,28,29)/t21-,22-/m1/s1. The average molecular weight is 521 g/mol. The van der Waals surface area contributed by atoms with Gasteiger partial charge >= 0.3 is 11.9 Å². The van der Waals surface area contributed by atoms with Crippen molar-refractivity contribution >= 4 is 46.9 Å². The fraction of sp³-hybridized carbons (Fsp3) is 0.273. The molecule has 3 heterocycles. The topological polar surface area (TPSA) is 163 Å². The van der Waals surface area contributed by atoms with Crippen LogP contribution in [0.2, 0.25) is 0 Å². The summed E-state index contributed by atoms with van der Waals surface area (Å²) < 4.78 is 10.6. The fourth-order valence-electron chi connectivity index (χ4n) is 3.76. The van der Waals surface area contributed by atoms with Crippen LogP contribution in [-0.2, 0) is 30.3 Å². The Balaban J connectivity index is 1.50. The van der Waals surface area contributed by atoms with Crippen molar-refractivity contribution < 1.29 is 44.0 Å². The molecule has 2 aromatic rings. The molecule has 0 bridgehead atoms. The molecule has 2 aliphatic rings. The Morgan fingerprint density at radius 1 is 1.23 bits per heavy atom. The number of hydrogen-bond acceptors (Lipinski definition) is 10. The number of nitrogens with one attached hydrogen (secondary N) is 1. The number of β-lactam (4-membered cyclic amide) rings is 1. The van der Waals surface area contributed by atoms with E-state index in [-0.39, 0.29) is 29.0 Å². The van der Waals surface area contributed by atoms with Crippen LogP contribution < -0.4 is 5.32 Å². The third-order valence-corrected chi connectivity index (χ3v) is 7.71. The number of hydrogen-bond donors (Lipinski definition) is 4. The number of fused-ring (bicyclic) bond motifs is 1. The molecule has 0 unspecified atom stereocenters. The van der Waals surface area contributed by atoms with Crippen LogP contribution in [0.4, 0.5) is 0 Å². The fourth-order valence-corrected chi connectivity index (χ4v) is 5.89. The quantitative estimate of drug-likeness (QED) is 0.173. The molecule has 2 amide bonds. The van der Waals surface area contributed by atoms with Crippen LogP contribution >= 0.6 is 23.1 Å².